The maximum Gasteiger partial charge on any atom is 0.255 e. The smallest absolute Gasteiger partial charge is 0.255 e. The number of carbonyl (C=O) groups is 4. The van der Waals surface area contributed by atoms with Gasteiger partial charge in [0, 0.05) is 51.3 Å². The van der Waals surface area contributed by atoms with Crippen molar-refractivity contribution in [2.45, 2.75) is 57.3 Å². The molecule has 0 saturated carbocycles. The Bertz CT molecular complexity index is 966. The van der Waals surface area contributed by atoms with Crippen LogP contribution < -0.4 is 10.6 Å². The molecule has 5 rings (SSSR count). The molecule has 0 aliphatic carbocycles. The molecule has 2 N–H and O–H groups in total. The zero-order valence-corrected chi connectivity index (χ0v) is 18.8. The lowest BCUT2D eigenvalue weighted by atomic mass is 10.0. The zero-order chi connectivity index (χ0) is 22.9. The average Bonchev–Trinajstić information content (AvgIpc) is 3.15. The Kier molecular flexibility index (Phi) is 6.16. The van der Waals surface area contributed by atoms with Gasteiger partial charge in [-0.3, -0.25) is 29.4 Å². The highest BCUT2D eigenvalue weighted by Crippen LogP contribution is 2.28. The first-order valence-electron chi connectivity index (χ1n) is 12.0. The van der Waals surface area contributed by atoms with Crippen LogP contribution in [0.4, 0.5) is 0 Å². The highest BCUT2D eigenvalue weighted by atomic mass is 16.2. The molecule has 9 nitrogen and oxygen atoms in total. The number of amides is 4. The topological polar surface area (TPSA) is 102 Å². The maximum absolute atomic E-state index is 12.9. The summed E-state index contributed by atoms with van der Waals surface area (Å²) in [6, 6.07) is 5.28. The number of rotatable bonds is 4. The average molecular weight is 454 g/mol. The summed E-state index contributed by atoms with van der Waals surface area (Å²) in [6.07, 6.45) is 3.83. The summed E-state index contributed by atoms with van der Waals surface area (Å²) in [5, 5.41) is 5.69. The lowest BCUT2D eigenvalue weighted by Crippen LogP contribution is -2.54. The molecule has 9 heteroatoms. The number of fused-ring (bicyclic) bond motifs is 1. The third-order valence-electron chi connectivity index (χ3n) is 7.29. The molecule has 176 valence electrons. The van der Waals surface area contributed by atoms with Crippen LogP contribution in [0.5, 0.6) is 0 Å². The van der Waals surface area contributed by atoms with Crippen LogP contribution in [0.1, 0.15) is 53.6 Å². The van der Waals surface area contributed by atoms with E-state index in [0.29, 0.717) is 18.5 Å². The summed E-state index contributed by atoms with van der Waals surface area (Å²) in [5.74, 6) is -0.573. The monoisotopic (exact) mass is 453 g/mol. The molecule has 0 radical (unpaired) electrons. The summed E-state index contributed by atoms with van der Waals surface area (Å²) in [7, 11) is 0. The number of hydrogen-bond donors (Lipinski definition) is 2. The minimum atomic E-state index is -0.588. The van der Waals surface area contributed by atoms with Crippen molar-refractivity contribution in [1.29, 1.82) is 0 Å². The highest BCUT2D eigenvalue weighted by molar-refractivity contribution is 6.05. The first-order valence-corrected chi connectivity index (χ1v) is 12.0. The molecular formula is C24H31N5O4. The second kappa shape index (κ2) is 9.23. The van der Waals surface area contributed by atoms with Crippen LogP contribution in [0.3, 0.4) is 0 Å². The van der Waals surface area contributed by atoms with Crippen LogP contribution in [0, 0.1) is 0 Å². The summed E-state index contributed by atoms with van der Waals surface area (Å²) in [5.41, 5.74) is 2.69. The molecule has 2 atom stereocenters. The van der Waals surface area contributed by atoms with Crippen molar-refractivity contribution >= 4 is 23.6 Å². The van der Waals surface area contributed by atoms with Crippen molar-refractivity contribution in [3.63, 3.8) is 0 Å². The van der Waals surface area contributed by atoms with Gasteiger partial charge in [0.05, 0.1) is 6.04 Å². The van der Waals surface area contributed by atoms with Crippen molar-refractivity contribution < 1.29 is 19.2 Å². The Balaban J connectivity index is 1.17. The van der Waals surface area contributed by atoms with Crippen LogP contribution in [-0.2, 0) is 27.5 Å². The normalized spacial score (nSPS) is 26.4. The minimum Gasteiger partial charge on any atom is -0.339 e. The van der Waals surface area contributed by atoms with Gasteiger partial charge in [-0.2, -0.15) is 0 Å². The van der Waals surface area contributed by atoms with E-state index in [1.54, 1.807) is 4.90 Å². The van der Waals surface area contributed by atoms with Gasteiger partial charge in [0.25, 0.3) is 5.91 Å². The SMILES string of the molecule is O=C1CCC(N2Cc3cc(CN4CCN(C(=O)[C@@H]5CCCCN5)CC4)ccc3C2=O)C(=O)N1. The van der Waals surface area contributed by atoms with Crippen LogP contribution in [0.15, 0.2) is 18.2 Å². The van der Waals surface area contributed by atoms with Crippen molar-refractivity contribution in [3.05, 3.63) is 34.9 Å². The fraction of sp³-hybridized carbons (Fsp3) is 0.583. The molecule has 4 aliphatic rings. The van der Waals surface area contributed by atoms with Crippen molar-refractivity contribution in [3.8, 4) is 0 Å². The molecule has 1 aromatic carbocycles. The summed E-state index contributed by atoms with van der Waals surface area (Å²) < 4.78 is 0. The number of nitrogens with one attached hydrogen (secondary N) is 2. The van der Waals surface area contributed by atoms with Crippen LogP contribution in [0.25, 0.3) is 0 Å². The largest absolute Gasteiger partial charge is 0.339 e. The van der Waals surface area contributed by atoms with E-state index in [1.807, 2.05) is 17.0 Å². The first kappa shape index (κ1) is 22.0. The molecule has 3 saturated heterocycles. The number of carbonyl (C=O) groups excluding carboxylic acids is 4. The van der Waals surface area contributed by atoms with E-state index in [1.165, 1.54) is 0 Å². The molecular weight excluding hydrogens is 422 g/mol. The molecule has 4 aliphatic heterocycles. The quantitative estimate of drug-likeness (QED) is 0.633. The number of nitrogens with zero attached hydrogens (tertiary/aromatic N) is 3. The van der Waals surface area contributed by atoms with Gasteiger partial charge in [-0.15, -0.1) is 0 Å². The van der Waals surface area contributed by atoms with E-state index in [9.17, 15) is 19.2 Å². The second-order valence-electron chi connectivity index (χ2n) is 9.50. The fourth-order valence-corrected chi connectivity index (χ4v) is 5.39. The molecule has 3 fully saturated rings. The lowest BCUT2D eigenvalue weighted by Gasteiger charge is -2.37. The van der Waals surface area contributed by atoms with Gasteiger partial charge in [0.15, 0.2) is 0 Å². The van der Waals surface area contributed by atoms with Gasteiger partial charge < -0.3 is 15.1 Å². The van der Waals surface area contributed by atoms with Crippen LogP contribution >= 0.6 is 0 Å². The summed E-state index contributed by atoms with van der Waals surface area (Å²) in [6.45, 7) is 5.23. The summed E-state index contributed by atoms with van der Waals surface area (Å²) in [4.78, 5) is 55.2. The lowest BCUT2D eigenvalue weighted by molar-refractivity contribution is -0.137. The van der Waals surface area contributed by atoms with E-state index in [0.717, 1.165) is 69.7 Å². The molecule has 4 heterocycles. The first-order chi connectivity index (χ1) is 16.0. The Hall–Kier alpha value is -2.78. The van der Waals surface area contributed by atoms with E-state index in [2.05, 4.69) is 21.6 Å². The van der Waals surface area contributed by atoms with E-state index < -0.39 is 6.04 Å². The predicted molar refractivity (Wildman–Crippen MR) is 120 cm³/mol. The molecule has 1 aromatic rings. The van der Waals surface area contributed by atoms with E-state index in [-0.39, 0.29) is 36.1 Å². The van der Waals surface area contributed by atoms with Crippen molar-refractivity contribution in [1.82, 2.24) is 25.3 Å². The van der Waals surface area contributed by atoms with Crippen molar-refractivity contribution in [2.24, 2.45) is 0 Å². The maximum atomic E-state index is 12.9. The number of imide groups is 1. The number of piperazine rings is 1. The number of benzene rings is 1. The van der Waals surface area contributed by atoms with Gasteiger partial charge in [-0.1, -0.05) is 18.6 Å². The number of hydrogen-bond acceptors (Lipinski definition) is 6. The van der Waals surface area contributed by atoms with Gasteiger partial charge in [0.1, 0.15) is 6.04 Å². The molecule has 0 bridgehead atoms. The second-order valence-corrected chi connectivity index (χ2v) is 9.50. The van der Waals surface area contributed by atoms with Crippen molar-refractivity contribution in [2.75, 3.05) is 32.7 Å². The summed E-state index contributed by atoms with van der Waals surface area (Å²) >= 11 is 0. The Labute approximate surface area is 193 Å². The Morgan fingerprint density at radius 2 is 1.85 bits per heavy atom. The zero-order valence-electron chi connectivity index (χ0n) is 18.8. The third kappa shape index (κ3) is 4.52. The number of piperidine rings is 2. The molecule has 4 amide bonds. The Morgan fingerprint density at radius 3 is 2.58 bits per heavy atom. The predicted octanol–water partition coefficient (Wildman–Crippen LogP) is 0.234. The van der Waals surface area contributed by atoms with Crippen LogP contribution in [-0.4, -0.2) is 83.1 Å². The minimum absolute atomic E-state index is 0.0214. The standard InChI is InChI=1S/C24H31N5O4/c30-21-7-6-20(22(31)26-21)29-15-17-13-16(4-5-18(17)23(29)32)14-27-9-11-28(12-10-27)24(33)19-3-1-2-8-25-19/h4-5,13,19-20,25H,1-3,6-12,14-15H2,(H,26,30,31)/t19-,20?/m0/s1. The molecule has 0 aromatic heterocycles. The molecule has 1 unspecified atom stereocenters. The third-order valence-corrected chi connectivity index (χ3v) is 7.29. The van der Waals surface area contributed by atoms with Gasteiger partial charge in [-0.05, 0) is 43.0 Å². The highest BCUT2D eigenvalue weighted by Gasteiger charge is 2.39. The van der Waals surface area contributed by atoms with Gasteiger partial charge >= 0.3 is 0 Å². The molecule has 33 heavy (non-hydrogen) atoms. The van der Waals surface area contributed by atoms with Gasteiger partial charge in [0.2, 0.25) is 17.7 Å². The van der Waals surface area contributed by atoms with Crippen LogP contribution in [0.2, 0.25) is 0 Å². The van der Waals surface area contributed by atoms with Gasteiger partial charge in [-0.25, -0.2) is 0 Å². The van der Waals surface area contributed by atoms with E-state index in [4.69, 9.17) is 0 Å². The Morgan fingerprint density at radius 1 is 1.03 bits per heavy atom. The fourth-order valence-electron chi connectivity index (χ4n) is 5.39. The molecule has 0 spiro atoms. The van der Waals surface area contributed by atoms with E-state index >= 15 is 0 Å².